The van der Waals surface area contributed by atoms with Gasteiger partial charge in [0.1, 0.15) is 36.9 Å². The van der Waals surface area contributed by atoms with Crippen LogP contribution in [-0.4, -0.2) is 41.2 Å². The molecule has 1 aliphatic heterocycles. The van der Waals surface area contributed by atoms with E-state index in [1.54, 1.807) is 18.2 Å². The summed E-state index contributed by atoms with van der Waals surface area (Å²) in [4.78, 5) is 0. The molecule has 0 saturated heterocycles. The second-order valence-electron chi connectivity index (χ2n) is 3.67. The average Bonchev–Trinajstić information content (AvgIpc) is 2.67. The highest BCUT2D eigenvalue weighted by Crippen LogP contribution is 2.34. The fraction of sp³-hybridized carbons (Fsp3) is 0.455. The third kappa shape index (κ3) is 2.27. The first-order valence-electron chi connectivity index (χ1n) is 5.07. The van der Waals surface area contributed by atoms with Gasteiger partial charge in [0.15, 0.2) is 0 Å². The lowest BCUT2D eigenvalue weighted by Crippen LogP contribution is -2.21. The highest BCUT2D eigenvalue weighted by atomic mass is 16.5. The fourth-order valence-electron chi connectivity index (χ4n) is 1.51. The molecular formula is C11H14O5. The van der Waals surface area contributed by atoms with Gasteiger partial charge in [-0.1, -0.05) is 0 Å². The van der Waals surface area contributed by atoms with Crippen LogP contribution in [0.15, 0.2) is 18.2 Å². The van der Waals surface area contributed by atoms with Crippen molar-refractivity contribution in [2.75, 3.05) is 19.8 Å². The smallest absolute Gasteiger partial charge is 0.129 e. The van der Waals surface area contributed by atoms with Crippen molar-refractivity contribution < 1.29 is 24.8 Å². The van der Waals surface area contributed by atoms with Crippen molar-refractivity contribution in [1.29, 1.82) is 0 Å². The van der Waals surface area contributed by atoms with Crippen LogP contribution in [0.4, 0.5) is 0 Å². The fourth-order valence-corrected chi connectivity index (χ4v) is 1.51. The number of aliphatic hydroxyl groups is 3. The molecule has 0 radical (unpaired) electrons. The van der Waals surface area contributed by atoms with Crippen molar-refractivity contribution in [1.82, 2.24) is 0 Å². The maximum Gasteiger partial charge on any atom is 0.129 e. The van der Waals surface area contributed by atoms with Gasteiger partial charge >= 0.3 is 0 Å². The quantitative estimate of drug-likeness (QED) is 0.665. The summed E-state index contributed by atoms with van der Waals surface area (Å²) in [6.45, 7) is -0.0456. The van der Waals surface area contributed by atoms with Crippen LogP contribution < -0.4 is 9.47 Å². The Kier molecular flexibility index (Phi) is 3.28. The van der Waals surface area contributed by atoms with E-state index < -0.39 is 12.2 Å². The van der Waals surface area contributed by atoms with Gasteiger partial charge in [-0.3, -0.25) is 0 Å². The Balaban J connectivity index is 2.02. The van der Waals surface area contributed by atoms with Crippen molar-refractivity contribution in [3.8, 4) is 11.5 Å². The van der Waals surface area contributed by atoms with E-state index in [1.165, 1.54) is 0 Å². The van der Waals surface area contributed by atoms with Crippen molar-refractivity contribution in [2.24, 2.45) is 0 Å². The molecule has 0 saturated carbocycles. The molecule has 1 aromatic rings. The Morgan fingerprint density at radius 2 is 2.31 bits per heavy atom. The molecule has 0 spiro atoms. The molecule has 2 unspecified atom stereocenters. The van der Waals surface area contributed by atoms with Gasteiger partial charge in [-0.15, -0.1) is 0 Å². The number of hydrogen-bond donors (Lipinski definition) is 3. The zero-order chi connectivity index (χ0) is 11.5. The van der Waals surface area contributed by atoms with Crippen LogP contribution in [0.5, 0.6) is 11.5 Å². The van der Waals surface area contributed by atoms with Crippen LogP contribution in [0.25, 0.3) is 0 Å². The summed E-state index contributed by atoms with van der Waals surface area (Å²) >= 11 is 0. The first-order valence-corrected chi connectivity index (χ1v) is 5.07. The van der Waals surface area contributed by atoms with E-state index >= 15 is 0 Å². The monoisotopic (exact) mass is 226 g/mol. The standard InChI is InChI=1S/C11H14O5/c12-4-7(13)5-15-8-1-2-9-10(14)6-16-11(9)3-8/h1-3,7,10,12-14H,4-6H2. The summed E-state index contributed by atoms with van der Waals surface area (Å²) in [6.07, 6.45) is -1.47. The number of rotatable bonds is 4. The molecule has 16 heavy (non-hydrogen) atoms. The normalized spacial score (nSPS) is 20.1. The minimum absolute atomic E-state index is 0.0256. The number of aliphatic hydroxyl groups excluding tert-OH is 3. The molecule has 2 rings (SSSR count). The number of ether oxygens (including phenoxy) is 2. The summed E-state index contributed by atoms with van der Waals surface area (Å²) in [5, 5.41) is 27.2. The van der Waals surface area contributed by atoms with Gasteiger partial charge < -0.3 is 24.8 Å². The molecule has 1 heterocycles. The number of benzene rings is 1. The molecule has 0 aliphatic carbocycles. The van der Waals surface area contributed by atoms with Gasteiger partial charge in [0.25, 0.3) is 0 Å². The highest BCUT2D eigenvalue weighted by molar-refractivity contribution is 5.44. The Labute approximate surface area is 92.9 Å². The minimum Gasteiger partial charge on any atom is -0.491 e. The molecule has 0 amide bonds. The lowest BCUT2D eigenvalue weighted by atomic mass is 10.1. The van der Waals surface area contributed by atoms with Crippen molar-refractivity contribution in [3.05, 3.63) is 23.8 Å². The summed E-state index contributed by atoms with van der Waals surface area (Å²) in [5.41, 5.74) is 0.745. The predicted octanol–water partition coefficient (Wildman–Crippen LogP) is -0.156. The molecule has 5 heteroatoms. The van der Waals surface area contributed by atoms with Crippen LogP contribution >= 0.6 is 0 Å². The van der Waals surface area contributed by atoms with Crippen LogP contribution in [-0.2, 0) is 0 Å². The molecule has 0 bridgehead atoms. The molecule has 88 valence electrons. The molecule has 0 aromatic heterocycles. The van der Waals surface area contributed by atoms with Crippen LogP contribution in [0, 0.1) is 0 Å². The van der Waals surface area contributed by atoms with Crippen LogP contribution in [0.3, 0.4) is 0 Å². The molecule has 5 nitrogen and oxygen atoms in total. The van der Waals surface area contributed by atoms with Gasteiger partial charge in [0, 0.05) is 11.6 Å². The summed E-state index contributed by atoms with van der Waals surface area (Å²) in [7, 11) is 0. The second-order valence-corrected chi connectivity index (χ2v) is 3.67. The molecule has 3 N–H and O–H groups in total. The number of hydrogen-bond acceptors (Lipinski definition) is 5. The van der Waals surface area contributed by atoms with E-state index in [-0.39, 0.29) is 19.8 Å². The maximum absolute atomic E-state index is 9.49. The second kappa shape index (κ2) is 4.69. The molecule has 1 aromatic carbocycles. The van der Waals surface area contributed by atoms with E-state index in [1.807, 2.05) is 0 Å². The minimum atomic E-state index is -0.889. The van der Waals surface area contributed by atoms with E-state index in [0.717, 1.165) is 5.56 Å². The molecular weight excluding hydrogens is 212 g/mol. The largest absolute Gasteiger partial charge is 0.491 e. The zero-order valence-electron chi connectivity index (χ0n) is 8.67. The van der Waals surface area contributed by atoms with Crippen LogP contribution in [0.2, 0.25) is 0 Å². The Hall–Kier alpha value is -1.30. The summed E-state index contributed by atoms with van der Waals surface area (Å²) in [6, 6.07) is 5.09. The Morgan fingerprint density at radius 3 is 3.06 bits per heavy atom. The Morgan fingerprint density at radius 1 is 1.50 bits per heavy atom. The van der Waals surface area contributed by atoms with Gasteiger partial charge in [0.05, 0.1) is 6.61 Å². The summed E-state index contributed by atoms with van der Waals surface area (Å²) < 4.78 is 10.5. The molecule has 1 aliphatic rings. The zero-order valence-corrected chi connectivity index (χ0v) is 8.67. The van der Waals surface area contributed by atoms with Gasteiger partial charge in [0.2, 0.25) is 0 Å². The van der Waals surface area contributed by atoms with Gasteiger partial charge in [-0.2, -0.15) is 0 Å². The first kappa shape index (κ1) is 11.2. The van der Waals surface area contributed by atoms with Crippen molar-refractivity contribution >= 4 is 0 Å². The lowest BCUT2D eigenvalue weighted by Gasteiger charge is -2.10. The average molecular weight is 226 g/mol. The lowest BCUT2D eigenvalue weighted by molar-refractivity contribution is 0.0535. The third-order valence-electron chi connectivity index (χ3n) is 2.39. The Bertz CT molecular complexity index is 365. The van der Waals surface area contributed by atoms with E-state index in [9.17, 15) is 5.11 Å². The van der Waals surface area contributed by atoms with Crippen molar-refractivity contribution in [3.63, 3.8) is 0 Å². The third-order valence-corrected chi connectivity index (χ3v) is 2.39. The number of fused-ring (bicyclic) bond motifs is 1. The predicted molar refractivity (Wildman–Crippen MR) is 55.5 cm³/mol. The van der Waals surface area contributed by atoms with E-state index in [0.29, 0.717) is 11.5 Å². The molecule has 0 fully saturated rings. The maximum atomic E-state index is 9.49. The van der Waals surface area contributed by atoms with Gasteiger partial charge in [-0.05, 0) is 12.1 Å². The van der Waals surface area contributed by atoms with Crippen LogP contribution in [0.1, 0.15) is 11.7 Å². The highest BCUT2D eigenvalue weighted by Gasteiger charge is 2.22. The summed E-state index contributed by atoms with van der Waals surface area (Å²) in [5.74, 6) is 1.14. The van der Waals surface area contributed by atoms with E-state index in [2.05, 4.69) is 0 Å². The van der Waals surface area contributed by atoms with Crippen molar-refractivity contribution in [2.45, 2.75) is 12.2 Å². The topological polar surface area (TPSA) is 79.2 Å². The van der Waals surface area contributed by atoms with Gasteiger partial charge in [-0.25, -0.2) is 0 Å². The first-order chi connectivity index (χ1) is 7.70. The molecule has 2 atom stereocenters. The SMILES string of the molecule is OCC(O)COc1ccc2c(c1)OCC2O. The van der Waals surface area contributed by atoms with E-state index in [4.69, 9.17) is 19.7 Å².